The van der Waals surface area contributed by atoms with Crippen LogP contribution < -0.4 is 10.1 Å². The van der Waals surface area contributed by atoms with Crippen LogP contribution in [0.25, 0.3) is 10.8 Å². The summed E-state index contributed by atoms with van der Waals surface area (Å²) in [4.78, 5) is 23.4. The van der Waals surface area contributed by atoms with Crippen LogP contribution in [0.5, 0.6) is 5.75 Å². The van der Waals surface area contributed by atoms with E-state index in [0.717, 1.165) is 21.5 Å². The Morgan fingerprint density at radius 1 is 1.04 bits per heavy atom. The molecule has 1 N–H and O–H groups in total. The highest BCUT2D eigenvalue weighted by Crippen LogP contribution is 2.26. The highest BCUT2D eigenvalue weighted by atomic mass is 79.9. The number of benzene rings is 3. The highest BCUT2D eigenvalue weighted by molar-refractivity contribution is 9.10. The normalized spacial score (nSPS) is 10.4. The maximum Gasteiger partial charge on any atom is 0.262 e. The monoisotopic (exact) mass is 383 g/mol. The minimum Gasteiger partial charge on any atom is -0.483 e. The minimum absolute atomic E-state index is 0.171. The van der Waals surface area contributed by atoms with Crippen molar-refractivity contribution in [2.24, 2.45) is 0 Å². The number of ether oxygens (including phenoxy) is 1. The minimum atomic E-state index is -0.290. The Bertz CT molecular complexity index is 891. The number of anilines is 1. The van der Waals surface area contributed by atoms with Crippen LogP contribution in [-0.2, 0) is 4.79 Å². The summed E-state index contributed by atoms with van der Waals surface area (Å²) >= 11 is 3.34. The lowest BCUT2D eigenvalue weighted by molar-refractivity contribution is -0.118. The second kappa shape index (κ2) is 7.27. The van der Waals surface area contributed by atoms with Crippen molar-refractivity contribution in [1.82, 2.24) is 0 Å². The van der Waals surface area contributed by atoms with Gasteiger partial charge in [0.2, 0.25) is 0 Å². The van der Waals surface area contributed by atoms with E-state index in [-0.39, 0.29) is 12.5 Å². The van der Waals surface area contributed by atoms with E-state index in [4.69, 9.17) is 4.74 Å². The van der Waals surface area contributed by atoms with Gasteiger partial charge in [0, 0.05) is 10.2 Å². The number of carbonyl (C=O) groups is 2. The van der Waals surface area contributed by atoms with E-state index in [2.05, 4.69) is 21.2 Å². The molecule has 0 saturated heterocycles. The molecule has 5 heteroatoms. The van der Waals surface area contributed by atoms with Gasteiger partial charge in [-0.3, -0.25) is 9.59 Å². The molecular weight excluding hydrogens is 370 g/mol. The molecule has 24 heavy (non-hydrogen) atoms. The average molecular weight is 384 g/mol. The Balaban J connectivity index is 1.72. The molecule has 0 aliphatic rings. The Morgan fingerprint density at radius 2 is 1.79 bits per heavy atom. The molecule has 0 bridgehead atoms. The first kappa shape index (κ1) is 16.2. The quantitative estimate of drug-likeness (QED) is 0.662. The number of fused-ring (bicyclic) bond motifs is 1. The van der Waals surface area contributed by atoms with Crippen molar-refractivity contribution < 1.29 is 14.3 Å². The van der Waals surface area contributed by atoms with E-state index in [1.165, 1.54) is 0 Å². The Morgan fingerprint density at radius 3 is 2.54 bits per heavy atom. The lowest BCUT2D eigenvalue weighted by Gasteiger charge is -2.11. The third-order valence-electron chi connectivity index (χ3n) is 3.54. The number of halogens is 1. The summed E-state index contributed by atoms with van der Waals surface area (Å²) in [6.07, 6.45) is 0.754. The zero-order valence-electron chi connectivity index (χ0n) is 12.7. The van der Waals surface area contributed by atoms with E-state index in [9.17, 15) is 9.59 Å². The van der Waals surface area contributed by atoms with Crippen molar-refractivity contribution in [2.75, 3.05) is 11.9 Å². The summed E-state index contributed by atoms with van der Waals surface area (Å²) in [6.45, 7) is -0.171. The van der Waals surface area contributed by atoms with Gasteiger partial charge >= 0.3 is 0 Å². The lowest BCUT2D eigenvalue weighted by atomic mass is 10.0. The van der Waals surface area contributed by atoms with Crippen LogP contribution in [0.2, 0.25) is 0 Å². The molecule has 4 nitrogen and oxygen atoms in total. The van der Waals surface area contributed by atoms with E-state index in [1.807, 2.05) is 42.5 Å². The molecule has 0 saturated carbocycles. The van der Waals surface area contributed by atoms with E-state index < -0.39 is 0 Å². The van der Waals surface area contributed by atoms with Gasteiger partial charge in [-0.1, -0.05) is 46.3 Å². The van der Waals surface area contributed by atoms with Crippen molar-refractivity contribution >= 4 is 44.6 Å². The summed E-state index contributed by atoms with van der Waals surface area (Å²) in [5.74, 6) is 0.108. The van der Waals surface area contributed by atoms with Crippen LogP contribution in [0.15, 0.2) is 65.1 Å². The summed E-state index contributed by atoms with van der Waals surface area (Å²) in [5, 5.41) is 4.50. The van der Waals surface area contributed by atoms with Crippen molar-refractivity contribution in [1.29, 1.82) is 0 Å². The first-order valence-corrected chi connectivity index (χ1v) is 8.12. The van der Waals surface area contributed by atoms with Gasteiger partial charge in [0.05, 0.1) is 5.56 Å². The zero-order chi connectivity index (χ0) is 16.9. The molecule has 0 aliphatic carbocycles. The molecule has 0 radical (unpaired) electrons. The smallest absolute Gasteiger partial charge is 0.262 e. The molecule has 0 aliphatic heterocycles. The fraction of sp³-hybridized carbons (Fsp3) is 0.0526. The van der Waals surface area contributed by atoms with Gasteiger partial charge in [-0.15, -0.1) is 0 Å². The molecule has 0 atom stereocenters. The third-order valence-corrected chi connectivity index (χ3v) is 4.06. The number of hydrogen-bond donors (Lipinski definition) is 1. The molecule has 3 aromatic carbocycles. The first-order valence-electron chi connectivity index (χ1n) is 7.32. The summed E-state index contributed by atoms with van der Waals surface area (Å²) < 4.78 is 6.48. The van der Waals surface area contributed by atoms with Crippen molar-refractivity contribution in [3.8, 4) is 5.75 Å². The molecule has 3 rings (SSSR count). The second-order valence-corrected chi connectivity index (χ2v) is 6.08. The van der Waals surface area contributed by atoms with E-state index >= 15 is 0 Å². The van der Waals surface area contributed by atoms with Crippen LogP contribution in [0.4, 0.5) is 5.69 Å². The number of rotatable bonds is 5. The molecular formula is C19H14BrNO3. The van der Waals surface area contributed by atoms with Crippen molar-refractivity contribution in [3.05, 3.63) is 70.7 Å². The summed E-state index contributed by atoms with van der Waals surface area (Å²) in [5.41, 5.74) is 1.13. The summed E-state index contributed by atoms with van der Waals surface area (Å²) in [7, 11) is 0. The van der Waals surface area contributed by atoms with Crippen molar-refractivity contribution in [3.63, 3.8) is 0 Å². The maximum absolute atomic E-state index is 12.0. The number of hydrogen-bond acceptors (Lipinski definition) is 3. The van der Waals surface area contributed by atoms with Crippen LogP contribution in [-0.4, -0.2) is 18.8 Å². The van der Waals surface area contributed by atoms with Gasteiger partial charge in [0.25, 0.3) is 5.91 Å². The van der Waals surface area contributed by atoms with Crippen LogP contribution in [0, 0.1) is 0 Å². The SMILES string of the molecule is O=Cc1c(OCC(=O)Nc2ccc(Br)cc2)ccc2ccccc12. The molecule has 0 aromatic heterocycles. The number of carbonyl (C=O) groups excluding carboxylic acids is 2. The van der Waals surface area contributed by atoms with E-state index in [0.29, 0.717) is 17.0 Å². The lowest BCUT2D eigenvalue weighted by Crippen LogP contribution is -2.20. The fourth-order valence-corrected chi connectivity index (χ4v) is 2.66. The van der Waals surface area contributed by atoms with Gasteiger partial charge in [-0.2, -0.15) is 0 Å². The molecule has 0 fully saturated rings. The fourth-order valence-electron chi connectivity index (χ4n) is 2.40. The van der Waals surface area contributed by atoms with Crippen LogP contribution in [0.3, 0.4) is 0 Å². The summed E-state index contributed by atoms with van der Waals surface area (Å²) in [6, 6.07) is 18.4. The van der Waals surface area contributed by atoms with Crippen molar-refractivity contribution in [2.45, 2.75) is 0 Å². The largest absolute Gasteiger partial charge is 0.483 e. The number of aldehydes is 1. The molecule has 0 spiro atoms. The van der Waals surface area contributed by atoms with Gasteiger partial charge in [-0.05, 0) is 41.1 Å². The number of amides is 1. The van der Waals surface area contributed by atoms with Crippen LogP contribution >= 0.6 is 15.9 Å². The molecule has 0 heterocycles. The Kier molecular flexibility index (Phi) is 4.91. The Hall–Kier alpha value is -2.66. The molecule has 1 amide bonds. The van der Waals surface area contributed by atoms with Gasteiger partial charge in [-0.25, -0.2) is 0 Å². The highest BCUT2D eigenvalue weighted by Gasteiger charge is 2.10. The first-order chi connectivity index (χ1) is 11.7. The molecule has 120 valence electrons. The third kappa shape index (κ3) is 3.63. The predicted octanol–water partition coefficient (Wildman–Crippen LogP) is 4.43. The van der Waals surface area contributed by atoms with E-state index in [1.54, 1.807) is 18.2 Å². The second-order valence-electron chi connectivity index (χ2n) is 5.16. The zero-order valence-corrected chi connectivity index (χ0v) is 14.2. The average Bonchev–Trinajstić information content (AvgIpc) is 2.61. The van der Waals surface area contributed by atoms with Gasteiger partial charge < -0.3 is 10.1 Å². The molecule has 0 unspecified atom stereocenters. The number of nitrogens with one attached hydrogen (secondary N) is 1. The van der Waals surface area contributed by atoms with Gasteiger partial charge in [0.1, 0.15) is 5.75 Å². The Labute approximate surface area is 147 Å². The predicted molar refractivity (Wildman–Crippen MR) is 97.6 cm³/mol. The van der Waals surface area contributed by atoms with Gasteiger partial charge in [0.15, 0.2) is 12.9 Å². The standard InChI is InChI=1S/C19H14BrNO3/c20-14-6-8-15(9-7-14)21-19(23)12-24-18-10-5-13-3-1-2-4-16(13)17(18)11-22/h1-11H,12H2,(H,21,23). The maximum atomic E-state index is 12.0. The topological polar surface area (TPSA) is 55.4 Å². The molecule has 3 aromatic rings. The van der Waals surface area contributed by atoms with Crippen LogP contribution in [0.1, 0.15) is 10.4 Å².